The Morgan fingerprint density at radius 2 is 1.88 bits per heavy atom. The number of hydrogen-bond acceptors (Lipinski definition) is 8. The Labute approximate surface area is 248 Å². The molecule has 41 heavy (non-hydrogen) atoms. The second kappa shape index (κ2) is 12.2. The van der Waals surface area contributed by atoms with Crippen molar-refractivity contribution in [2.75, 3.05) is 23.7 Å². The molecule has 8 nitrogen and oxygen atoms in total. The molecule has 1 fully saturated rings. The summed E-state index contributed by atoms with van der Waals surface area (Å²) < 4.78 is 0. The summed E-state index contributed by atoms with van der Waals surface area (Å²) in [6.45, 7) is 13.2. The van der Waals surface area contributed by atoms with Crippen molar-refractivity contribution in [1.82, 2.24) is 25.9 Å². The highest BCUT2D eigenvalue weighted by atomic mass is 35.5. The molecule has 0 radical (unpaired) electrons. The van der Waals surface area contributed by atoms with Gasteiger partial charge in [0.2, 0.25) is 0 Å². The van der Waals surface area contributed by atoms with Crippen LogP contribution in [0.2, 0.25) is 5.02 Å². The van der Waals surface area contributed by atoms with E-state index in [9.17, 15) is 5.26 Å². The molecule has 1 saturated heterocycles. The lowest BCUT2D eigenvalue weighted by atomic mass is 9.98. The van der Waals surface area contributed by atoms with E-state index in [0.717, 1.165) is 60.4 Å². The Bertz CT molecular complexity index is 1430. The van der Waals surface area contributed by atoms with Crippen molar-refractivity contribution in [2.24, 2.45) is 0 Å². The maximum absolute atomic E-state index is 9.82. The number of hydrazine groups is 2. The predicted molar refractivity (Wildman–Crippen MR) is 168 cm³/mol. The van der Waals surface area contributed by atoms with Gasteiger partial charge >= 0.3 is 0 Å². The van der Waals surface area contributed by atoms with Crippen LogP contribution < -0.4 is 21.6 Å². The number of piperidine rings is 1. The fraction of sp³-hybridized carbons (Fsp3) is 0.438. The van der Waals surface area contributed by atoms with Gasteiger partial charge in [-0.3, -0.25) is 14.9 Å². The van der Waals surface area contributed by atoms with Crippen LogP contribution in [0.1, 0.15) is 71.0 Å². The lowest BCUT2D eigenvalue weighted by molar-refractivity contribution is 0.0570. The summed E-state index contributed by atoms with van der Waals surface area (Å²) in [4.78, 5) is 7.08. The van der Waals surface area contributed by atoms with Crippen LogP contribution in [0.15, 0.2) is 60.6 Å². The summed E-state index contributed by atoms with van der Waals surface area (Å²) in [5.74, 6) is 0. The number of aromatic nitrogens is 1. The predicted octanol–water partition coefficient (Wildman–Crippen LogP) is 6.55. The Balaban J connectivity index is 1.46. The first-order chi connectivity index (χ1) is 19.7. The van der Waals surface area contributed by atoms with Gasteiger partial charge in [0.1, 0.15) is 6.07 Å². The second-order valence-electron chi connectivity index (χ2n) is 12.1. The van der Waals surface area contributed by atoms with Crippen molar-refractivity contribution in [2.45, 2.75) is 77.5 Å². The van der Waals surface area contributed by atoms with Crippen LogP contribution in [0.4, 0.5) is 11.4 Å². The monoisotopic (exact) mass is 572 g/mol. The second-order valence-corrected chi connectivity index (χ2v) is 12.5. The molecule has 2 atom stereocenters. The van der Waals surface area contributed by atoms with Gasteiger partial charge in [-0.15, -0.1) is 5.53 Å². The Morgan fingerprint density at radius 3 is 2.54 bits per heavy atom. The third-order valence-corrected chi connectivity index (χ3v) is 8.51. The number of fused-ring (bicyclic) bond motifs is 1. The molecule has 0 saturated carbocycles. The number of benzene rings is 2. The van der Waals surface area contributed by atoms with E-state index < -0.39 is 0 Å². The Morgan fingerprint density at radius 1 is 1.15 bits per heavy atom. The zero-order valence-corrected chi connectivity index (χ0v) is 25.4. The Kier molecular flexibility index (Phi) is 8.60. The number of hydrogen-bond donors (Lipinski definition) is 4. The first-order valence-corrected chi connectivity index (χ1v) is 14.9. The molecule has 0 unspecified atom stereocenters. The van der Waals surface area contributed by atoms with E-state index in [1.54, 1.807) is 6.20 Å². The van der Waals surface area contributed by atoms with Crippen LogP contribution in [0.3, 0.4) is 0 Å². The van der Waals surface area contributed by atoms with Crippen molar-refractivity contribution in [1.29, 1.82) is 5.26 Å². The van der Waals surface area contributed by atoms with Crippen molar-refractivity contribution >= 4 is 33.9 Å². The van der Waals surface area contributed by atoms with Crippen molar-refractivity contribution in [3.05, 3.63) is 76.7 Å². The molecule has 3 heterocycles. The molecule has 0 aliphatic carbocycles. The minimum absolute atomic E-state index is 0.157. The summed E-state index contributed by atoms with van der Waals surface area (Å²) in [6.07, 6.45) is 6.91. The van der Waals surface area contributed by atoms with Crippen LogP contribution >= 0.6 is 11.6 Å². The fourth-order valence-electron chi connectivity index (χ4n) is 5.59. The molecule has 4 N–H and O–H groups in total. The zero-order chi connectivity index (χ0) is 29.1. The minimum atomic E-state index is -0.157. The number of pyridine rings is 1. The maximum Gasteiger partial charge on any atom is 0.103 e. The zero-order valence-electron chi connectivity index (χ0n) is 24.6. The number of nitrogens with one attached hydrogen (secondary N) is 4. The van der Waals surface area contributed by atoms with Gasteiger partial charge in [-0.25, -0.2) is 0 Å². The van der Waals surface area contributed by atoms with Crippen molar-refractivity contribution < 1.29 is 0 Å². The fourth-order valence-corrected chi connectivity index (χ4v) is 5.85. The van der Waals surface area contributed by atoms with E-state index in [2.05, 4.69) is 108 Å². The molecular formula is C32H41ClN8. The van der Waals surface area contributed by atoms with Gasteiger partial charge in [0.25, 0.3) is 0 Å². The van der Waals surface area contributed by atoms with Crippen LogP contribution in [0.25, 0.3) is 10.9 Å². The number of anilines is 2. The van der Waals surface area contributed by atoms with Gasteiger partial charge in [0.15, 0.2) is 0 Å². The third-order valence-electron chi connectivity index (χ3n) is 8.22. The van der Waals surface area contributed by atoms with E-state index in [1.807, 2.05) is 18.2 Å². The van der Waals surface area contributed by atoms with Crippen LogP contribution in [-0.2, 0) is 0 Å². The van der Waals surface area contributed by atoms with Gasteiger partial charge in [-0.2, -0.15) is 5.26 Å². The first kappa shape index (κ1) is 29.0. The van der Waals surface area contributed by atoms with Gasteiger partial charge in [0.05, 0.1) is 33.5 Å². The average Bonchev–Trinajstić information content (AvgIpc) is 3.46. The van der Waals surface area contributed by atoms with Crippen molar-refractivity contribution in [3.63, 3.8) is 0 Å². The number of nitrogens with zero attached hydrogens (tertiary/aromatic N) is 4. The maximum atomic E-state index is 9.82. The largest absolute Gasteiger partial charge is 0.381 e. The SMILES string of the molecule is CC[C@@H](C)Nc1c(C#N)cnc2c(Cl)cc(N[C@H](C3=CN(C4CCN(C(C)(C)C)CC4)NN3)c3ccccc3)cc12. The van der Waals surface area contributed by atoms with E-state index in [1.165, 1.54) is 0 Å². The lowest BCUT2D eigenvalue weighted by Gasteiger charge is -2.42. The lowest BCUT2D eigenvalue weighted by Crippen LogP contribution is -2.52. The Hall–Kier alpha value is -3.51. The van der Waals surface area contributed by atoms with Gasteiger partial charge in [-0.1, -0.05) is 48.9 Å². The first-order valence-electron chi connectivity index (χ1n) is 14.5. The standard InChI is InChI=1S/C32H41ClN8/c1-6-21(2)36-29-23(18-34)19-35-31-26(29)16-24(17-27(31)33)37-30(22-10-8-7-9-11-22)28-20-41(39-38-28)25-12-14-40(15-13-25)32(3,4)5/h7-11,16-17,19-21,25,30,37-39H,6,12-15H2,1-5H3,(H,35,36)/t21-,30+/m1/s1. The van der Waals surface area contributed by atoms with E-state index in [4.69, 9.17) is 11.6 Å². The number of rotatable bonds is 8. The highest BCUT2D eigenvalue weighted by Gasteiger charge is 2.32. The molecule has 3 aromatic rings. The summed E-state index contributed by atoms with van der Waals surface area (Å²) in [7, 11) is 0. The molecule has 9 heteroatoms. The number of likely N-dealkylation sites (tertiary alicyclic amines) is 1. The van der Waals surface area contributed by atoms with Crippen LogP contribution in [0, 0.1) is 11.3 Å². The quantitative estimate of drug-likeness (QED) is 0.241. The average molecular weight is 573 g/mol. The smallest absolute Gasteiger partial charge is 0.103 e. The normalized spacial score (nSPS) is 18.0. The molecule has 5 rings (SSSR count). The third kappa shape index (κ3) is 6.38. The summed E-state index contributed by atoms with van der Waals surface area (Å²) in [5, 5.41) is 20.6. The molecule has 2 aliphatic rings. The van der Waals surface area contributed by atoms with E-state index in [0.29, 0.717) is 22.1 Å². The minimum Gasteiger partial charge on any atom is -0.381 e. The van der Waals surface area contributed by atoms with Crippen LogP contribution in [-0.4, -0.2) is 45.6 Å². The molecule has 216 valence electrons. The van der Waals surface area contributed by atoms with Gasteiger partial charge < -0.3 is 16.1 Å². The van der Waals surface area contributed by atoms with Gasteiger partial charge in [0, 0.05) is 54.2 Å². The summed E-state index contributed by atoms with van der Waals surface area (Å²) in [6, 6.07) is 17.1. The van der Waals surface area contributed by atoms with Crippen LogP contribution in [0.5, 0.6) is 0 Å². The van der Waals surface area contributed by atoms with E-state index in [-0.39, 0.29) is 17.6 Å². The summed E-state index contributed by atoms with van der Waals surface area (Å²) >= 11 is 6.79. The molecular weight excluding hydrogens is 532 g/mol. The summed E-state index contributed by atoms with van der Waals surface area (Å²) in [5.41, 5.74) is 12.0. The highest BCUT2D eigenvalue weighted by Crippen LogP contribution is 2.36. The van der Waals surface area contributed by atoms with E-state index >= 15 is 0 Å². The molecule has 1 aromatic heterocycles. The number of nitriles is 1. The molecule has 0 spiro atoms. The number of halogens is 1. The molecule has 2 aromatic carbocycles. The topological polar surface area (TPSA) is 91.3 Å². The highest BCUT2D eigenvalue weighted by molar-refractivity contribution is 6.35. The van der Waals surface area contributed by atoms with Gasteiger partial charge in [-0.05, 0) is 64.7 Å². The molecule has 0 amide bonds. The van der Waals surface area contributed by atoms with Crippen molar-refractivity contribution in [3.8, 4) is 6.07 Å². The molecule has 2 aliphatic heterocycles. The molecule has 0 bridgehead atoms.